The highest BCUT2D eigenvalue weighted by Crippen LogP contribution is 2.31. The summed E-state index contributed by atoms with van der Waals surface area (Å²) in [5.74, 6) is 1.20. The maximum atomic E-state index is 13.3. The van der Waals surface area contributed by atoms with Gasteiger partial charge in [-0.3, -0.25) is 4.79 Å². The highest BCUT2D eigenvalue weighted by Gasteiger charge is 2.18. The molecule has 0 spiro atoms. The van der Waals surface area contributed by atoms with E-state index in [1.54, 1.807) is 30.0 Å². The van der Waals surface area contributed by atoms with Gasteiger partial charge in [0, 0.05) is 17.9 Å². The van der Waals surface area contributed by atoms with Crippen LogP contribution in [0.3, 0.4) is 0 Å². The van der Waals surface area contributed by atoms with Gasteiger partial charge in [0.25, 0.3) is 5.91 Å². The maximum absolute atomic E-state index is 13.3. The number of halogens is 1. The molecule has 4 nitrogen and oxygen atoms in total. The van der Waals surface area contributed by atoms with E-state index in [1.807, 2.05) is 18.2 Å². The van der Waals surface area contributed by atoms with Crippen LogP contribution in [0.2, 0.25) is 5.02 Å². The molecule has 1 heterocycles. The van der Waals surface area contributed by atoms with Crippen LogP contribution < -0.4 is 10.1 Å². The van der Waals surface area contributed by atoms with E-state index in [9.17, 15) is 4.79 Å². The van der Waals surface area contributed by atoms with E-state index in [0.717, 1.165) is 36.5 Å². The van der Waals surface area contributed by atoms with Gasteiger partial charge in [0.05, 0.1) is 23.1 Å². The minimum absolute atomic E-state index is 0.201. The summed E-state index contributed by atoms with van der Waals surface area (Å²) in [7, 11) is 0. The fourth-order valence-corrected chi connectivity index (χ4v) is 5.89. The summed E-state index contributed by atoms with van der Waals surface area (Å²) in [6.07, 6.45) is 15.6. The fraction of sp³-hybridized carbons (Fsp3) is 0.531. The summed E-state index contributed by atoms with van der Waals surface area (Å²) < 4.78 is 6.06. The molecule has 0 aliphatic carbocycles. The van der Waals surface area contributed by atoms with Crippen LogP contribution in [-0.4, -0.2) is 23.3 Å². The molecule has 2 aromatic carbocycles. The van der Waals surface area contributed by atoms with E-state index >= 15 is 0 Å². The summed E-state index contributed by atoms with van der Waals surface area (Å²) in [4.78, 5) is 15.6. The maximum Gasteiger partial charge on any atom is 0.259 e. The van der Waals surface area contributed by atoms with Crippen molar-refractivity contribution in [3.63, 3.8) is 0 Å². The number of rotatable bonds is 18. The van der Waals surface area contributed by atoms with Crippen LogP contribution in [0.5, 0.6) is 5.75 Å². The summed E-state index contributed by atoms with van der Waals surface area (Å²) in [6, 6.07) is 13.3. The first kappa shape index (κ1) is 30.4. The van der Waals surface area contributed by atoms with E-state index in [2.05, 4.69) is 35.5 Å². The van der Waals surface area contributed by atoms with Crippen molar-refractivity contribution in [3.05, 3.63) is 69.7 Å². The van der Waals surface area contributed by atoms with Gasteiger partial charge < -0.3 is 15.0 Å². The Morgan fingerprint density at radius 1 is 0.921 bits per heavy atom. The van der Waals surface area contributed by atoms with Crippen LogP contribution in [-0.2, 0) is 6.54 Å². The van der Waals surface area contributed by atoms with E-state index in [1.165, 1.54) is 69.9 Å². The molecule has 0 aromatic heterocycles. The Labute approximate surface area is 239 Å². The molecule has 3 rings (SSSR count). The van der Waals surface area contributed by atoms with Gasteiger partial charge in [-0.25, -0.2) is 0 Å². The highest BCUT2D eigenvalue weighted by molar-refractivity contribution is 8.02. The lowest BCUT2D eigenvalue weighted by molar-refractivity contribution is 0.102. The van der Waals surface area contributed by atoms with E-state index in [0.29, 0.717) is 22.9 Å². The Hall–Kier alpha value is -2.11. The minimum Gasteiger partial charge on any atom is -0.491 e. The zero-order valence-corrected chi connectivity index (χ0v) is 24.8. The predicted molar refractivity (Wildman–Crippen MR) is 164 cm³/mol. The number of nitrogens with zero attached hydrogens (tertiary/aromatic N) is 1. The average molecular weight is 557 g/mol. The van der Waals surface area contributed by atoms with Crippen LogP contribution in [0.4, 0.5) is 5.69 Å². The fourth-order valence-electron chi connectivity index (χ4n) is 4.72. The molecule has 0 unspecified atom stereocenters. The van der Waals surface area contributed by atoms with Gasteiger partial charge in [-0.2, -0.15) is 0 Å². The van der Waals surface area contributed by atoms with E-state index in [4.69, 9.17) is 16.3 Å². The van der Waals surface area contributed by atoms with Crippen LogP contribution >= 0.6 is 23.4 Å². The lowest BCUT2D eigenvalue weighted by Gasteiger charge is -2.21. The number of hydrogen-bond donors (Lipinski definition) is 1. The van der Waals surface area contributed by atoms with Gasteiger partial charge >= 0.3 is 0 Å². The molecule has 1 aliphatic heterocycles. The third kappa shape index (κ3) is 10.2. The topological polar surface area (TPSA) is 41.6 Å². The van der Waals surface area contributed by atoms with Crippen LogP contribution in [0.25, 0.3) is 0 Å². The molecule has 0 bridgehead atoms. The Morgan fingerprint density at radius 2 is 1.58 bits per heavy atom. The molecule has 1 aliphatic rings. The van der Waals surface area contributed by atoms with Crippen molar-refractivity contribution in [2.75, 3.05) is 17.8 Å². The van der Waals surface area contributed by atoms with Crippen molar-refractivity contribution >= 4 is 35.0 Å². The smallest absolute Gasteiger partial charge is 0.259 e. The molecular formula is C32H45ClN2O2S. The Balaban J connectivity index is 1.43. The van der Waals surface area contributed by atoms with E-state index in [-0.39, 0.29) is 5.91 Å². The number of amides is 1. The summed E-state index contributed by atoms with van der Waals surface area (Å²) in [5.41, 5.74) is 3.62. The molecule has 0 saturated carbocycles. The number of anilines is 1. The van der Waals surface area contributed by atoms with Crippen molar-refractivity contribution < 1.29 is 9.53 Å². The molecular weight excluding hydrogens is 512 g/mol. The van der Waals surface area contributed by atoms with Crippen molar-refractivity contribution in [2.24, 2.45) is 0 Å². The second kappa shape index (κ2) is 17.5. The largest absolute Gasteiger partial charge is 0.491 e. The van der Waals surface area contributed by atoms with Gasteiger partial charge in [-0.15, -0.1) is 11.8 Å². The van der Waals surface area contributed by atoms with Gasteiger partial charge in [-0.1, -0.05) is 113 Å². The SMILES string of the molecule is CCCCCCCCCCCCCCOc1c(Cl)cccc1C(=O)Nc1ccccc1CN1CSC=C1C. The lowest BCUT2D eigenvalue weighted by atomic mass is 10.1. The molecule has 1 N–H and O–H groups in total. The summed E-state index contributed by atoms with van der Waals surface area (Å²) in [6.45, 7) is 5.71. The predicted octanol–water partition coefficient (Wildman–Crippen LogP) is 10.0. The number of thioether (sulfide) groups is 1. The molecule has 208 valence electrons. The highest BCUT2D eigenvalue weighted by atomic mass is 35.5. The second-order valence-corrected chi connectivity index (χ2v) is 11.5. The van der Waals surface area contributed by atoms with Gasteiger partial charge in [0.2, 0.25) is 0 Å². The summed E-state index contributed by atoms with van der Waals surface area (Å²) in [5, 5.41) is 5.75. The molecule has 6 heteroatoms. The van der Waals surface area contributed by atoms with Crippen molar-refractivity contribution in [2.45, 2.75) is 97.4 Å². The zero-order valence-electron chi connectivity index (χ0n) is 23.3. The number of nitrogens with one attached hydrogen (secondary N) is 1. The minimum atomic E-state index is -0.201. The normalized spacial score (nSPS) is 13.0. The molecule has 0 fully saturated rings. The summed E-state index contributed by atoms with van der Waals surface area (Å²) >= 11 is 8.26. The molecule has 0 saturated heterocycles. The number of carbonyl (C=O) groups is 1. The van der Waals surface area contributed by atoms with Crippen molar-refractivity contribution in [1.29, 1.82) is 0 Å². The number of carbonyl (C=O) groups excluding carboxylic acids is 1. The molecule has 38 heavy (non-hydrogen) atoms. The first-order chi connectivity index (χ1) is 18.6. The third-order valence-corrected chi connectivity index (χ3v) is 8.33. The van der Waals surface area contributed by atoms with Gasteiger partial charge in [0.1, 0.15) is 0 Å². The van der Waals surface area contributed by atoms with E-state index < -0.39 is 0 Å². The first-order valence-electron chi connectivity index (χ1n) is 14.4. The molecule has 2 aromatic rings. The van der Waals surface area contributed by atoms with Gasteiger partial charge in [-0.05, 0) is 42.5 Å². The van der Waals surface area contributed by atoms with Gasteiger partial charge in [0.15, 0.2) is 5.75 Å². The quantitative estimate of drug-likeness (QED) is 0.185. The Bertz CT molecular complexity index is 1030. The number of para-hydroxylation sites is 2. The number of unbranched alkanes of at least 4 members (excludes halogenated alkanes) is 11. The van der Waals surface area contributed by atoms with Crippen LogP contribution in [0.1, 0.15) is 107 Å². The monoisotopic (exact) mass is 556 g/mol. The van der Waals surface area contributed by atoms with Crippen LogP contribution in [0.15, 0.2) is 53.6 Å². The second-order valence-electron chi connectivity index (χ2n) is 10.2. The zero-order chi connectivity index (χ0) is 27.0. The average Bonchev–Trinajstić information content (AvgIpc) is 3.32. The number of ether oxygens (including phenoxy) is 1. The standard InChI is InChI=1S/C32H45ClN2O2S/c1-3-4-5-6-7-8-9-10-11-12-13-16-22-37-31-28(19-17-20-29(31)33)32(36)34-30-21-15-14-18-27(30)23-35-25-38-24-26(35)2/h14-15,17-21,24H,3-13,16,22-23,25H2,1-2H3,(H,34,36). The number of benzene rings is 2. The Morgan fingerprint density at radius 3 is 2.24 bits per heavy atom. The van der Waals surface area contributed by atoms with Crippen molar-refractivity contribution in [1.82, 2.24) is 4.90 Å². The Kier molecular flexibility index (Phi) is 14.0. The molecule has 0 atom stereocenters. The van der Waals surface area contributed by atoms with Crippen molar-refractivity contribution in [3.8, 4) is 5.75 Å². The number of hydrogen-bond acceptors (Lipinski definition) is 4. The third-order valence-electron chi connectivity index (χ3n) is 7.07. The first-order valence-corrected chi connectivity index (χ1v) is 15.9. The van der Waals surface area contributed by atoms with Crippen LogP contribution in [0, 0.1) is 0 Å². The lowest BCUT2D eigenvalue weighted by Crippen LogP contribution is -2.20. The molecule has 0 radical (unpaired) electrons. The number of allylic oxidation sites excluding steroid dienone is 1. The molecule has 1 amide bonds.